The highest BCUT2D eigenvalue weighted by molar-refractivity contribution is 9.11. The van der Waals surface area contributed by atoms with E-state index in [9.17, 15) is 0 Å². The van der Waals surface area contributed by atoms with Crippen molar-refractivity contribution in [2.24, 2.45) is 0 Å². The zero-order valence-corrected chi connectivity index (χ0v) is 14.8. The van der Waals surface area contributed by atoms with Gasteiger partial charge in [-0.1, -0.05) is 45.7 Å². The molecule has 21 heavy (non-hydrogen) atoms. The number of fused-ring (bicyclic) bond motifs is 1. The molecule has 3 rings (SSSR count). The first kappa shape index (κ1) is 14.8. The van der Waals surface area contributed by atoms with Crippen LogP contribution in [0.2, 0.25) is 5.02 Å². The molecule has 5 heteroatoms. The fraction of sp³-hybridized carbons (Fsp3) is 0.0625. The summed E-state index contributed by atoms with van der Waals surface area (Å²) in [6.45, 7) is 0.680. The smallest absolute Gasteiger partial charge is 0.0763 e. The third-order valence-electron chi connectivity index (χ3n) is 3.22. The van der Waals surface area contributed by atoms with Crippen LogP contribution in [0, 0.1) is 0 Å². The Morgan fingerprint density at radius 1 is 1.05 bits per heavy atom. The summed E-state index contributed by atoms with van der Waals surface area (Å²) in [6, 6.07) is 13.9. The second-order valence-corrected chi connectivity index (χ2v) is 6.62. The molecule has 2 nitrogen and oxygen atoms in total. The highest BCUT2D eigenvalue weighted by atomic mass is 79.9. The van der Waals surface area contributed by atoms with Crippen LogP contribution in [0.25, 0.3) is 10.9 Å². The lowest BCUT2D eigenvalue weighted by molar-refractivity contribution is 1.15. The van der Waals surface area contributed by atoms with Crippen molar-refractivity contribution in [1.82, 2.24) is 4.98 Å². The van der Waals surface area contributed by atoms with Crippen LogP contribution in [-0.2, 0) is 6.54 Å². The van der Waals surface area contributed by atoms with Gasteiger partial charge in [-0.25, -0.2) is 0 Å². The van der Waals surface area contributed by atoms with Crippen molar-refractivity contribution in [3.63, 3.8) is 0 Å². The molecule has 1 aromatic heterocycles. The molecule has 1 heterocycles. The van der Waals surface area contributed by atoms with Crippen molar-refractivity contribution >= 4 is 60.1 Å². The molecule has 0 unspecified atom stereocenters. The molecule has 0 saturated heterocycles. The molecular weight excluding hydrogens is 415 g/mol. The Hall–Kier alpha value is -1.10. The molecule has 1 N–H and O–H groups in total. The summed E-state index contributed by atoms with van der Waals surface area (Å²) in [6.07, 6.45) is 1.81. The Morgan fingerprint density at radius 2 is 1.90 bits per heavy atom. The number of benzene rings is 2. The number of pyridine rings is 1. The first-order chi connectivity index (χ1) is 10.2. The Morgan fingerprint density at radius 3 is 2.76 bits per heavy atom. The van der Waals surface area contributed by atoms with Gasteiger partial charge in [-0.3, -0.25) is 4.98 Å². The number of nitrogens with zero attached hydrogens (tertiary/aromatic N) is 1. The van der Waals surface area contributed by atoms with Gasteiger partial charge in [0.15, 0.2) is 0 Å². The van der Waals surface area contributed by atoms with E-state index < -0.39 is 0 Å². The minimum atomic E-state index is 0.680. The van der Waals surface area contributed by atoms with Gasteiger partial charge >= 0.3 is 0 Å². The maximum absolute atomic E-state index is 6.11. The minimum Gasteiger partial charge on any atom is -0.380 e. The number of halogens is 3. The summed E-state index contributed by atoms with van der Waals surface area (Å²) in [4.78, 5) is 4.49. The second-order valence-electron chi connectivity index (χ2n) is 4.56. The van der Waals surface area contributed by atoms with Gasteiger partial charge in [0.05, 0.1) is 20.7 Å². The number of nitrogens with one attached hydrogen (secondary N) is 1. The lowest BCUT2D eigenvalue weighted by Gasteiger charge is -2.11. The van der Waals surface area contributed by atoms with Crippen LogP contribution >= 0.6 is 43.5 Å². The second kappa shape index (κ2) is 6.34. The number of hydrogen-bond acceptors (Lipinski definition) is 2. The maximum Gasteiger partial charge on any atom is 0.0763 e. The normalized spacial score (nSPS) is 10.8. The molecule has 0 atom stereocenters. The molecule has 0 aliphatic carbocycles. The summed E-state index contributed by atoms with van der Waals surface area (Å²) >= 11 is 13.2. The van der Waals surface area contributed by atoms with E-state index in [4.69, 9.17) is 11.6 Å². The number of hydrogen-bond donors (Lipinski definition) is 1. The predicted molar refractivity (Wildman–Crippen MR) is 95.9 cm³/mol. The fourth-order valence-electron chi connectivity index (χ4n) is 2.17. The number of rotatable bonds is 3. The number of anilines is 1. The van der Waals surface area contributed by atoms with Gasteiger partial charge in [0.25, 0.3) is 0 Å². The van der Waals surface area contributed by atoms with Crippen LogP contribution in [-0.4, -0.2) is 4.98 Å². The van der Waals surface area contributed by atoms with Gasteiger partial charge in [-0.15, -0.1) is 0 Å². The molecule has 0 saturated carbocycles. The first-order valence-electron chi connectivity index (χ1n) is 6.37. The van der Waals surface area contributed by atoms with Crippen molar-refractivity contribution in [2.75, 3.05) is 5.32 Å². The van der Waals surface area contributed by atoms with Gasteiger partial charge in [0.2, 0.25) is 0 Å². The van der Waals surface area contributed by atoms with Gasteiger partial charge in [-0.05, 0) is 45.8 Å². The largest absolute Gasteiger partial charge is 0.380 e. The van der Waals surface area contributed by atoms with Crippen molar-refractivity contribution < 1.29 is 0 Å². The topological polar surface area (TPSA) is 24.9 Å². The molecule has 3 aromatic rings. The van der Waals surface area contributed by atoms with Crippen molar-refractivity contribution in [3.8, 4) is 0 Å². The molecule has 0 radical (unpaired) electrons. The highest BCUT2D eigenvalue weighted by Crippen LogP contribution is 2.31. The van der Waals surface area contributed by atoms with Gasteiger partial charge < -0.3 is 5.32 Å². The fourth-order valence-corrected chi connectivity index (χ4v) is 3.20. The summed E-state index contributed by atoms with van der Waals surface area (Å²) in [5, 5.41) is 5.20. The van der Waals surface area contributed by atoms with Crippen LogP contribution in [0.1, 0.15) is 5.56 Å². The maximum atomic E-state index is 6.11. The first-order valence-corrected chi connectivity index (χ1v) is 8.33. The lowest BCUT2D eigenvalue weighted by Crippen LogP contribution is -2.01. The quantitative estimate of drug-likeness (QED) is 0.553. The molecule has 0 fully saturated rings. The van der Waals surface area contributed by atoms with E-state index in [2.05, 4.69) is 54.3 Å². The predicted octanol–water partition coefficient (Wildman–Crippen LogP) is 6.03. The molecule has 0 amide bonds. The van der Waals surface area contributed by atoms with Crippen LogP contribution in [0.15, 0.2) is 57.6 Å². The number of aromatic nitrogens is 1. The van der Waals surface area contributed by atoms with E-state index in [-0.39, 0.29) is 0 Å². The monoisotopic (exact) mass is 424 g/mol. The average Bonchev–Trinajstić information content (AvgIpc) is 2.51. The highest BCUT2D eigenvalue weighted by Gasteiger charge is 2.07. The Labute approximate surface area is 144 Å². The van der Waals surface area contributed by atoms with E-state index in [0.29, 0.717) is 11.6 Å². The van der Waals surface area contributed by atoms with Crippen LogP contribution < -0.4 is 5.32 Å². The third kappa shape index (κ3) is 3.07. The molecule has 2 aromatic carbocycles. The average molecular weight is 427 g/mol. The van der Waals surface area contributed by atoms with E-state index in [0.717, 1.165) is 31.1 Å². The van der Waals surface area contributed by atoms with E-state index in [1.54, 1.807) is 0 Å². The van der Waals surface area contributed by atoms with E-state index in [1.165, 1.54) is 0 Å². The van der Waals surface area contributed by atoms with Crippen molar-refractivity contribution in [2.45, 2.75) is 6.54 Å². The molecule has 0 aliphatic heterocycles. The molecule has 0 bridgehead atoms. The molecule has 0 spiro atoms. The Kier molecular flexibility index (Phi) is 4.48. The van der Waals surface area contributed by atoms with Gasteiger partial charge in [0.1, 0.15) is 0 Å². The third-order valence-corrected chi connectivity index (χ3v) is 5.31. The standard InChI is InChI=1S/C16H11Br2ClN2/c17-12-7-6-10(16-11(12)3-2-8-20-16)9-21-14-5-1-4-13(19)15(14)18/h1-8,21H,9H2. The van der Waals surface area contributed by atoms with Crippen LogP contribution in [0.4, 0.5) is 5.69 Å². The summed E-state index contributed by atoms with van der Waals surface area (Å²) in [7, 11) is 0. The molecule has 106 valence electrons. The van der Waals surface area contributed by atoms with Gasteiger partial charge in [0, 0.05) is 22.6 Å². The lowest BCUT2D eigenvalue weighted by atomic mass is 10.1. The Bertz CT molecular complexity index is 805. The van der Waals surface area contributed by atoms with Crippen LogP contribution in [0.5, 0.6) is 0 Å². The van der Waals surface area contributed by atoms with E-state index in [1.807, 2.05) is 36.5 Å². The van der Waals surface area contributed by atoms with E-state index >= 15 is 0 Å². The van der Waals surface area contributed by atoms with Gasteiger partial charge in [-0.2, -0.15) is 0 Å². The Balaban J connectivity index is 1.92. The zero-order chi connectivity index (χ0) is 14.8. The minimum absolute atomic E-state index is 0.680. The summed E-state index contributed by atoms with van der Waals surface area (Å²) in [5.74, 6) is 0. The molecular formula is C16H11Br2ClN2. The zero-order valence-electron chi connectivity index (χ0n) is 10.9. The summed E-state index contributed by atoms with van der Waals surface area (Å²) < 4.78 is 1.93. The summed E-state index contributed by atoms with van der Waals surface area (Å²) in [5.41, 5.74) is 3.10. The SMILES string of the molecule is Clc1cccc(NCc2ccc(Br)c3cccnc23)c1Br. The van der Waals surface area contributed by atoms with Crippen molar-refractivity contribution in [3.05, 3.63) is 68.2 Å². The van der Waals surface area contributed by atoms with Crippen LogP contribution in [0.3, 0.4) is 0 Å². The molecule has 0 aliphatic rings. The van der Waals surface area contributed by atoms with Crippen molar-refractivity contribution in [1.29, 1.82) is 0 Å².